The average molecular weight is 643 g/mol. The number of fused-ring (bicyclic) bond motifs is 10. The molecule has 0 heterocycles. The van der Waals surface area contributed by atoms with Gasteiger partial charge in [0, 0.05) is 32.1 Å². The van der Waals surface area contributed by atoms with Crippen LogP contribution in [0, 0.1) is 27.7 Å². The zero-order valence-electron chi connectivity index (χ0n) is 29.0. The minimum absolute atomic E-state index is 0.140. The highest BCUT2D eigenvalue weighted by Gasteiger charge is 2.23. The SMILES string of the molecule is Cc1cc2c(O)c(c1)Cc1cc(C)cc(c1O)Cc1cc(C(C)(C)C)cc(c1O)Cc1cc(C)cc(c1O)Cc1cc(C)cc(c1O)C2. The molecule has 0 aromatic heterocycles. The topological polar surface area (TPSA) is 101 Å². The summed E-state index contributed by atoms with van der Waals surface area (Å²) in [5, 5.41) is 58.3. The van der Waals surface area contributed by atoms with E-state index in [1.54, 1.807) is 0 Å². The van der Waals surface area contributed by atoms with Crippen LogP contribution in [0.4, 0.5) is 0 Å². The van der Waals surface area contributed by atoms with Crippen molar-refractivity contribution >= 4 is 0 Å². The van der Waals surface area contributed by atoms with Crippen LogP contribution in [0.25, 0.3) is 0 Å². The van der Waals surface area contributed by atoms with Gasteiger partial charge in [-0.1, -0.05) is 104 Å². The normalized spacial score (nSPS) is 13.3. The molecule has 0 unspecified atom stereocenters. The summed E-state index contributed by atoms with van der Waals surface area (Å²) in [7, 11) is 0. The molecule has 5 nitrogen and oxygen atoms in total. The van der Waals surface area contributed by atoms with E-state index in [1.807, 2.05) is 88.4 Å². The fourth-order valence-corrected chi connectivity index (χ4v) is 7.30. The van der Waals surface area contributed by atoms with E-state index in [0.29, 0.717) is 87.7 Å². The van der Waals surface area contributed by atoms with Crippen molar-refractivity contribution in [3.05, 3.63) is 144 Å². The van der Waals surface area contributed by atoms with E-state index in [0.717, 1.165) is 27.8 Å². The third kappa shape index (κ3) is 6.47. The van der Waals surface area contributed by atoms with Gasteiger partial charge in [-0.15, -0.1) is 0 Å². The molecule has 5 aromatic carbocycles. The number of hydrogen-bond acceptors (Lipinski definition) is 5. The smallest absolute Gasteiger partial charge is 0.122 e. The molecule has 10 bridgehead atoms. The number of aromatic hydroxyl groups is 5. The first-order valence-electron chi connectivity index (χ1n) is 16.7. The van der Waals surface area contributed by atoms with E-state index in [2.05, 4.69) is 20.8 Å². The van der Waals surface area contributed by atoms with Crippen molar-refractivity contribution in [2.24, 2.45) is 0 Å². The highest BCUT2D eigenvalue weighted by atomic mass is 16.3. The summed E-state index contributed by atoms with van der Waals surface area (Å²) in [6.07, 6.45) is 1.58. The Morgan fingerprint density at radius 2 is 0.500 bits per heavy atom. The van der Waals surface area contributed by atoms with E-state index in [-0.39, 0.29) is 34.2 Å². The monoisotopic (exact) mass is 642 g/mol. The molecule has 0 atom stereocenters. The summed E-state index contributed by atoms with van der Waals surface area (Å²) in [5.41, 5.74) is 11.6. The molecule has 0 radical (unpaired) electrons. The van der Waals surface area contributed by atoms with Gasteiger partial charge in [0.15, 0.2) is 0 Å². The number of aryl methyl sites for hydroxylation is 4. The Morgan fingerprint density at radius 3 is 0.667 bits per heavy atom. The Labute approximate surface area is 283 Å². The van der Waals surface area contributed by atoms with Gasteiger partial charge < -0.3 is 25.5 Å². The molecule has 0 fully saturated rings. The first-order valence-corrected chi connectivity index (χ1v) is 16.7. The van der Waals surface area contributed by atoms with Crippen LogP contribution in [0.5, 0.6) is 28.7 Å². The molecule has 5 aromatic rings. The summed E-state index contributed by atoms with van der Waals surface area (Å²) >= 11 is 0. The molecule has 0 spiro atoms. The summed E-state index contributed by atoms with van der Waals surface area (Å²) < 4.78 is 0. The average Bonchev–Trinajstić information content (AvgIpc) is 2.99. The number of phenols is 5. The Morgan fingerprint density at radius 1 is 0.333 bits per heavy atom. The molecule has 48 heavy (non-hydrogen) atoms. The van der Waals surface area contributed by atoms with Gasteiger partial charge in [0.05, 0.1) is 0 Å². The zero-order valence-corrected chi connectivity index (χ0v) is 29.0. The van der Waals surface area contributed by atoms with E-state index in [1.165, 1.54) is 0 Å². The van der Waals surface area contributed by atoms with E-state index in [4.69, 9.17) is 0 Å². The fraction of sp³-hybridized carbons (Fsp3) is 0.302. The summed E-state index contributed by atoms with van der Waals surface area (Å²) in [5.74, 6) is 0.703. The van der Waals surface area contributed by atoms with Crippen molar-refractivity contribution in [1.29, 1.82) is 0 Å². The summed E-state index contributed by atoms with van der Waals surface area (Å²) in [6, 6.07) is 19.6. The Hall–Kier alpha value is -4.90. The lowest BCUT2D eigenvalue weighted by molar-refractivity contribution is 0.450. The van der Waals surface area contributed by atoms with E-state index < -0.39 is 0 Å². The third-order valence-corrected chi connectivity index (χ3v) is 9.69. The predicted octanol–water partition coefficient (Wildman–Crippen LogP) is 9.01. The summed E-state index contributed by atoms with van der Waals surface area (Å²) in [6.45, 7) is 14.3. The maximum absolute atomic E-state index is 11.8. The maximum Gasteiger partial charge on any atom is 0.122 e. The lowest BCUT2D eigenvalue weighted by atomic mass is 9.82. The first kappa shape index (κ1) is 33.0. The van der Waals surface area contributed by atoms with Crippen LogP contribution >= 0.6 is 0 Å². The van der Waals surface area contributed by atoms with E-state index >= 15 is 0 Å². The third-order valence-electron chi connectivity index (χ3n) is 9.69. The Balaban J connectivity index is 1.62. The lowest BCUT2D eigenvalue weighted by Crippen LogP contribution is -2.13. The molecule has 248 valence electrons. The molecule has 0 aliphatic heterocycles. The zero-order chi connectivity index (χ0) is 34.7. The van der Waals surface area contributed by atoms with E-state index in [9.17, 15) is 25.5 Å². The van der Waals surface area contributed by atoms with Crippen LogP contribution in [-0.2, 0) is 37.5 Å². The van der Waals surface area contributed by atoms with Crippen LogP contribution in [0.1, 0.15) is 104 Å². The second kappa shape index (κ2) is 12.3. The van der Waals surface area contributed by atoms with Gasteiger partial charge in [-0.25, -0.2) is 0 Å². The Kier molecular flexibility index (Phi) is 8.45. The molecular formula is C43H46O5. The van der Waals surface area contributed by atoms with Gasteiger partial charge in [-0.2, -0.15) is 0 Å². The molecule has 5 N–H and O–H groups in total. The molecule has 1 aliphatic rings. The van der Waals surface area contributed by atoms with Crippen molar-refractivity contribution in [2.45, 2.75) is 86.0 Å². The quantitative estimate of drug-likeness (QED) is 0.114. The van der Waals surface area contributed by atoms with Crippen molar-refractivity contribution in [2.75, 3.05) is 0 Å². The number of hydrogen-bond donors (Lipinski definition) is 5. The second-order valence-corrected chi connectivity index (χ2v) is 15.0. The van der Waals surface area contributed by atoms with Crippen molar-refractivity contribution in [3.8, 4) is 28.7 Å². The predicted molar refractivity (Wildman–Crippen MR) is 192 cm³/mol. The number of phenolic OH excluding ortho intramolecular Hbond substituents is 5. The standard InChI is InChI=1S/C43H46O5/c1-23-8-27-16-28-9-24(2)11-30(39(28)45)18-32-13-26(4)15-34(41(32)47)20-36-22-37(43(5,6)7)21-35(42(36)48)19-33-14-25(3)12-31(40(33)46)17-29(10-23)38(27)44/h8-15,21-22,44-48H,16-20H2,1-7H3. The molecule has 1 aliphatic carbocycles. The molecule has 0 saturated carbocycles. The molecule has 0 saturated heterocycles. The van der Waals surface area contributed by atoms with Gasteiger partial charge in [0.1, 0.15) is 28.7 Å². The van der Waals surface area contributed by atoms with Crippen LogP contribution < -0.4 is 0 Å². The number of rotatable bonds is 0. The van der Waals surface area contributed by atoms with Crippen molar-refractivity contribution in [1.82, 2.24) is 0 Å². The van der Waals surface area contributed by atoms with Crippen molar-refractivity contribution in [3.63, 3.8) is 0 Å². The Bertz CT molecular complexity index is 1940. The number of benzene rings is 5. The highest BCUT2D eigenvalue weighted by Crippen LogP contribution is 2.40. The largest absolute Gasteiger partial charge is 0.507 e. The first-order chi connectivity index (χ1) is 22.6. The van der Waals surface area contributed by atoms with Gasteiger partial charge in [0.25, 0.3) is 0 Å². The fourth-order valence-electron chi connectivity index (χ4n) is 7.30. The molecule has 0 amide bonds. The van der Waals surface area contributed by atoms with Gasteiger partial charge in [-0.05, 0) is 94.3 Å². The van der Waals surface area contributed by atoms with Crippen LogP contribution in [0.3, 0.4) is 0 Å². The lowest BCUT2D eigenvalue weighted by Gasteiger charge is -2.23. The second-order valence-electron chi connectivity index (χ2n) is 15.0. The van der Waals surface area contributed by atoms with Crippen molar-refractivity contribution < 1.29 is 25.5 Å². The van der Waals surface area contributed by atoms with Gasteiger partial charge in [0.2, 0.25) is 0 Å². The summed E-state index contributed by atoms with van der Waals surface area (Å²) in [4.78, 5) is 0. The van der Waals surface area contributed by atoms with Crippen LogP contribution in [-0.4, -0.2) is 25.5 Å². The van der Waals surface area contributed by atoms with Crippen LogP contribution in [0.15, 0.2) is 60.7 Å². The molecular weight excluding hydrogens is 596 g/mol. The molecule has 5 heteroatoms. The van der Waals surface area contributed by atoms with Gasteiger partial charge >= 0.3 is 0 Å². The van der Waals surface area contributed by atoms with Gasteiger partial charge in [-0.3, -0.25) is 0 Å². The minimum atomic E-state index is -0.217. The maximum atomic E-state index is 11.8. The minimum Gasteiger partial charge on any atom is -0.507 e. The molecule has 6 rings (SSSR count). The van der Waals surface area contributed by atoms with Crippen LogP contribution in [0.2, 0.25) is 0 Å². The highest BCUT2D eigenvalue weighted by molar-refractivity contribution is 5.58.